The van der Waals surface area contributed by atoms with E-state index in [0.29, 0.717) is 6.61 Å². The molecule has 108 valence electrons. The second-order valence-electron chi connectivity index (χ2n) is 4.58. The maximum Gasteiger partial charge on any atom is 0.131 e. The molecular formula is C15H18BrClN2O. The SMILES string of the molecule is CCc1nn(CC)c(COc2ccc(Br)cc2C)c1Cl. The third-order valence-electron chi connectivity index (χ3n) is 3.20. The van der Waals surface area contributed by atoms with Crippen molar-refractivity contribution in [1.82, 2.24) is 9.78 Å². The number of rotatable bonds is 5. The van der Waals surface area contributed by atoms with Crippen LogP contribution in [0, 0.1) is 6.92 Å². The first-order valence-electron chi connectivity index (χ1n) is 6.69. The van der Waals surface area contributed by atoms with Crippen molar-refractivity contribution in [2.24, 2.45) is 0 Å². The largest absolute Gasteiger partial charge is 0.487 e. The van der Waals surface area contributed by atoms with Gasteiger partial charge >= 0.3 is 0 Å². The fraction of sp³-hybridized carbons (Fsp3) is 0.400. The maximum atomic E-state index is 6.37. The van der Waals surface area contributed by atoms with Crippen LogP contribution in [0.15, 0.2) is 22.7 Å². The molecule has 0 atom stereocenters. The Hall–Kier alpha value is -1.000. The van der Waals surface area contributed by atoms with Gasteiger partial charge in [-0.15, -0.1) is 0 Å². The monoisotopic (exact) mass is 356 g/mol. The summed E-state index contributed by atoms with van der Waals surface area (Å²) >= 11 is 9.82. The Bertz CT molecular complexity index is 610. The van der Waals surface area contributed by atoms with Gasteiger partial charge in [-0.1, -0.05) is 34.5 Å². The molecule has 1 aromatic carbocycles. The Balaban J connectivity index is 2.20. The second-order valence-corrected chi connectivity index (χ2v) is 5.87. The molecule has 0 amide bonds. The van der Waals surface area contributed by atoms with Crippen molar-refractivity contribution in [2.75, 3.05) is 0 Å². The zero-order valence-electron chi connectivity index (χ0n) is 11.9. The van der Waals surface area contributed by atoms with E-state index in [-0.39, 0.29) is 0 Å². The van der Waals surface area contributed by atoms with Crippen LogP contribution in [0.4, 0.5) is 0 Å². The van der Waals surface area contributed by atoms with Crippen LogP contribution in [0.3, 0.4) is 0 Å². The minimum absolute atomic E-state index is 0.433. The summed E-state index contributed by atoms with van der Waals surface area (Å²) < 4.78 is 8.85. The van der Waals surface area contributed by atoms with Crippen molar-refractivity contribution in [2.45, 2.75) is 40.3 Å². The molecule has 0 saturated carbocycles. The molecule has 0 spiro atoms. The van der Waals surface area contributed by atoms with Gasteiger partial charge in [0.15, 0.2) is 0 Å². The number of hydrogen-bond acceptors (Lipinski definition) is 2. The molecule has 2 aromatic rings. The normalized spacial score (nSPS) is 10.8. The summed E-state index contributed by atoms with van der Waals surface area (Å²) in [6, 6.07) is 5.96. The van der Waals surface area contributed by atoms with Crippen LogP contribution in [0.2, 0.25) is 5.02 Å². The number of halogens is 2. The van der Waals surface area contributed by atoms with E-state index < -0.39 is 0 Å². The van der Waals surface area contributed by atoms with Gasteiger partial charge in [0.05, 0.1) is 16.4 Å². The molecule has 0 fully saturated rings. The number of aryl methyl sites for hydroxylation is 3. The predicted molar refractivity (Wildman–Crippen MR) is 85.5 cm³/mol. The smallest absolute Gasteiger partial charge is 0.131 e. The van der Waals surface area contributed by atoms with Gasteiger partial charge in [-0.2, -0.15) is 5.10 Å². The summed E-state index contributed by atoms with van der Waals surface area (Å²) in [4.78, 5) is 0. The highest BCUT2D eigenvalue weighted by Gasteiger charge is 2.15. The molecular weight excluding hydrogens is 340 g/mol. The van der Waals surface area contributed by atoms with Crippen LogP contribution in [0.1, 0.15) is 30.8 Å². The number of aromatic nitrogens is 2. The first kappa shape index (κ1) is 15.4. The summed E-state index contributed by atoms with van der Waals surface area (Å²) in [5.41, 5.74) is 2.96. The Morgan fingerprint density at radius 2 is 2.10 bits per heavy atom. The lowest BCUT2D eigenvalue weighted by Gasteiger charge is -2.10. The summed E-state index contributed by atoms with van der Waals surface area (Å²) in [7, 11) is 0. The Morgan fingerprint density at radius 1 is 1.35 bits per heavy atom. The lowest BCUT2D eigenvalue weighted by Crippen LogP contribution is -2.07. The van der Waals surface area contributed by atoms with Crippen LogP contribution in [-0.2, 0) is 19.6 Å². The van der Waals surface area contributed by atoms with E-state index in [1.54, 1.807) is 0 Å². The van der Waals surface area contributed by atoms with Gasteiger partial charge in [0, 0.05) is 11.0 Å². The Morgan fingerprint density at radius 3 is 2.70 bits per heavy atom. The van der Waals surface area contributed by atoms with Crippen molar-refractivity contribution in [3.8, 4) is 5.75 Å². The van der Waals surface area contributed by atoms with Gasteiger partial charge in [-0.05, 0) is 44.0 Å². The molecule has 0 N–H and O–H groups in total. The molecule has 1 aromatic heterocycles. The van der Waals surface area contributed by atoms with Gasteiger partial charge < -0.3 is 4.74 Å². The molecule has 5 heteroatoms. The lowest BCUT2D eigenvalue weighted by molar-refractivity contribution is 0.290. The van der Waals surface area contributed by atoms with E-state index in [2.05, 4.69) is 34.9 Å². The van der Waals surface area contributed by atoms with E-state index in [4.69, 9.17) is 16.3 Å². The van der Waals surface area contributed by atoms with Crippen molar-refractivity contribution < 1.29 is 4.74 Å². The Kier molecular flexibility index (Phi) is 5.11. The van der Waals surface area contributed by atoms with Gasteiger partial charge in [0.1, 0.15) is 12.4 Å². The molecule has 1 heterocycles. The summed E-state index contributed by atoms with van der Waals surface area (Å²) in [6.07, 6.45) is 0.830. The molecule has 0 unspecified atom stereocenters. The van der Waals surface area contributed by atoms with Gasteiger partial charge in [0.2, 0.25) is 0 Å². The minimum Gasteiger partial charge on any atom is -0.487 e. The molecule has 20 heavy (non-hydrogen) atoms. The van der Waals surface area contributed by atoms with E-state index >= 15 is 0 Å². The topological polar surface area (TPSA) is 27.1 Å². The molecule has 0 aliphatic heterocycles. The minimum atomic E-state index is 0.433. The molecule has 0 radical (unpaired) electrons. The molecule has 3 nitrogen and oxygen atoms in total. The Labute approximate surface area is 133 Å². The summed E-state index contributed by atoms with van der Waals surface area (Å²) in [5.74, 6) is 0.867. The third kappa shape index (κ3) is 3.18. The predicted octanol–water partition coefficient (Wildman–Crippen LogP) is 4.77. The first-order valence-corrected chi connectivity index (χ1v) is 7.86. The summed E-state index contributed by atoms with van der Waals surface area (Å²) in [5, 5.41) is 5.22. The van der Waals surface area contributed by atoms with E-state index in [9.17, 15) is 0 Å². The number of ether oxygens (including phenoxy) is 1. The highest BCUT2D eigenvalue weighted by atomic mass is 79.9. The van der Waals surface area contributed by atoms with E-state index in [0.717, 1.165) is 45.2 Å². The number of nitrogens with zero attached hydrogens (tertiary/aromatic N) is 2. The highest BCUT2D eigenvalue weighted by Crippen LogP contribution is 2.26. The average Bonchev–Trinajstić information content (AvgIpc) is 2.74. The zero-order chi connectivity index (χ0) is 14.7. The van der Waals surface area contributed by atoms with Crippen LogP contribution in [0.5, 0.6) is 5.75 Å². The molecule has 0 saturated heterocycles. The molecule has 0 aliphatic rings. The van der Waals surface area contributed by atoms with Crippen LogP contribution < -0.4 is 4.74 Å². The first-order chi connectivity index (χ1) is 9.56. The lowest BCUT2D eigenvalue weighted by atomic mass is 10.2. The fourth-order valence-corrected chi connectivity index (χ4v) is 2.88. The maximum absolute atomic E-state index is 6.37. The average molecular weight is 358 g/mol. The van der Waals surface area contributed by atoms with Gasteiger partial charge in [0.25, 0.3) is 0 Å². The van der Waals surface area contributed by atoms with Crippen molar-refractivity contribution in [3.05, 3.63) is 44.6 Å². The van der Waals surface area contributed by atoms with Crippen molar-refractivity contribution in [1.29, 1.82) is 0 Å². The van der Waals surface area contributed by atoms with Gasteiger partial charge in [-0.3, -0.25) is 4.68 Å². The van der Waals surface area contributed by atoms with Crippen molar-refractivity contribution >= 4 is 27.5 Å². The molecule has 0 aliphatic carbocycles. The zero-order valence-corrected chi connectivity index (χ0v) is 14.3. The number of hydrogen-bond donors (Lipinski definition) is 0. The summed E-state index contributed by atoms with van der Waals surface area (Å²) in [6.45, 7) is 7.35. The van der Waals surface area contributed by atoms with Crippen LogP contribution in [0.25, 0.3) is 0 Å². The fourth-order valence-electron chi connectivity index (χ4n) is 2.08. The van der Waals surface area contributed by atoms with Gasteiger partial charge in [-0.25, -0.2) is 0 Å². The molecule has 0 bridgehead atoms. The standard InChI is InChI=1S/C15H18BrClN2O/c1-4-12-15(17)13(19(5-2)18-12)9-20-14-7-6-11(16)8-10(14)3/h6-8H,4-5,9H2,1-3H3. The molecule has 2 rings (SSSR count). The quantitative estimate of drug-likeness (QED) is 0.771. The van der Waals surface area contributed by atoms with Crippen molar-refractivity contribution in [3.63, 3.8) is 0 Å². The number of benzene rings is 1. The van der Waals surface area contributed by atoms with E-state index in [1.165, 1.54) is 0 Å². The van der Waals surface area contributed by atoms with Crippen LogP contribution in [-0.4, -0.2) is 9.78 Å². The second kappa shape index (κ2) is 6.64. The van der Waals surface area contributed by atoms with Crippen LogP contribution >= 0.6 is 27.5 Å². The van der Waals surface area contributed by atoms with E-state index in [1.807, 2.05) is 29.8 Å². The third-order valence-corrected chi connectivity index (χ3v) is 4.13. The highest BCUT2D eigenvalue weighted by molar-refractivity contribution is 9.10.